The van der Waals surface area contributed by atoms with Crippen LogP contribution in [0, 0.1) is 5.92 Å². The molecule has 0 bridgehead atoms. The van der Waals surface area contributed by atoms with Crippen molar-refractivity contribution >= 4 is 0 Å². The second kappa shape index (κ2) is 4.00. The molecule has 0 atom stereocenters. The largest absolute Gasteiger partial charge is 0.325 e. The van der Waals surface area contributed by atoms with Crippen LogP contribution >= 0.6 is 0 Å². The molecular weight excluding hydrogens is 158 g/mol. The minimum Gasteiger partial charge on any atom is -0.325 e. The Morgan fingerprint density at radius 1 is 0.769 bits per heavy atom. The topological polar surface area (TPSA) is 26.0 Å². The molecule has 13 heavy (non-hydrogen) atoms. The van der Waals surface area contributed by atoms with Crippen LogP contribution in [0.4, 0.5) is 0 Å². The van der Waals surface area contributed by atoms with E-state index in [1.807, 2.05) is 0 Å². The van der Waals surface area contributed by atoms with Gasteiger partial charge in [0, 0.05) is 5.54 Å². The average molecular weight is 181 g/mol. The first-order valence-corrected chi connectivity index (χ1v) is 6.10. The molecule has 2 aliphatic rings. The van der Waals surface area contributed by atoms with Crippen LogP contribution in [0.25, 0.3) is 0 Å². The zero-order valence-electron chi connectivity index (χ0n) is 8.73. The molecule has 0 unspecified atom stereocenters. The van der Waals surface area contributed by atoms with Gasteiger partial charge in [-0.2, -0.15) is 0 Å². The molecule has 2 fully saturated rings. The maximum atomic E-state index is 6.53. The standard InChI is InChI=1S/C12H23N/c13-12(11-7-6-8-11)9-4-2-1-3-5-10-12/h11H,1-10,13H2. The molecule has 1 heteroatoms. The van der Waals surface area contributed by atoms with E-state index in [4.69, 9.17) is 5.73 Å². The summed E-state index contributed by atoms with van der Waals surface area (Å²) in [6.45, 7) is 0. The predicted octanol–water partition coefficient (Wildman–Crippen LogP) is 3.23. The lowest BCUT2D eigenvalue weighted by atomic mass is 9.66. The molecule has 0 spiro atoms. The quantitative estimate of drug-likeness (QED) is 0.660. The fourth-order valence-corrected chi connectivity index (χ4v) is 2.95. The highest BCUT2D eigenvalue weighted by molar-refractivity contribution is 4.95. The number of hydrogen-bond donors (Lipinski definition) is 1. The van der Waals surface area contributed by atoms with Crippen molar-refractivity contribution in [2.24, 2.45) is 11.7 Å². The second-order valence-electron chi connectivity index (χ2n) is 5.13. The number of nitrogens with two attached hydrogens (primary N) is 1. The van der Waals surface area contributed by atoms with Crippen molar-refractivity contribution in [1.29, 1.82) is 0 Å². The third-order valence-corrected chi connectivity index (χ3v) is 4.20. The van der Waals surface area contributed by atoms with Gasteiger partial charge in [0.2, 0.25) is 0 Å². The maximum Gasteiger partial charge on any atom is 0.0182 e. The van der Waals surface area contributed by atoms with Gasteiger partial charge in [0.1, 0.15) is 0 Å². The molecule has 0 saturated heterocycles. The van der Waals surface area contributed by atoms with E-state index in [9.17, 15) is 0 Å². The van der Waals surface area contributed by atoms with Crippen molar-refractivity contribution in [2.75, 3.05) is 0 Å². The van der Waals surface area contributed by atoms with Crippen LogP contribution in [-0.2, 0) is 0 Å². The zero-order valence-corrected chi connectivity index (χ0v) is 8.73. The molecular formula is C12H23N. The van der Waals surface area contributed by atoms with Crippen LogP contribution in [0.5, 0.6) is 0 Å². The summed E-state index contributed by atoms with van der Waals surface area (Å²) < 4.78 is 0. The lowest BCUT2D eigenvalue weighted by molar-refractivity contribution is 0.134. The van der Waals surface area contributed by atoms with Crippen LogP contribution in [0.2, 0.25) is 0 Å². The fraction of sp³-hybridized carbons (Fsp3) is 1.00. The minimum absolute atomic E-state index is 0.249. The van der Waals surface area contributed by atoms with Gasteiger partial charge in [-0.3, -0.25) is 0 Å². The molecule has 0 heterocycles. The summed E-state index contributed by atoms with van der Waals surface area (Å²) in [5.74, 6) is 0.880. The normalized spacial score (nSPS) is 30.2. The average Bonchev–Trinajstić information content (AvgIpc) is 1.94. The SMILES string of the molecule is NC1(C2CCC2)CCCCCCC1. The van der Waals surface area contributed by atoms with E-state index in [0.29, 0.717) is 0 Å². The minimum atomic E-state index is 0.249. The Bertz CT molecular complexity index is 153. The Kier molecular flexibility index (Phi) is 2.92. The molecule has 2 aliphatic carbocycles. The van der Waals surface area contributed by atoms with Gasteiger partial charge in [0.25, 0.3) is 0 Å². The summed E-state index contributed by atoms with van der Waals surface area (Å²) in [7, 11) is 0. The van der Waals surface area contributed by atoms with Gasteiger partial charge in [-0.1, -0.05) is 38.5 Å². The lowest BCUT2D eigenvalue weighted by Crippen LogP contribution is -2.50. The predicted molar refractivity (Wildman–Crippen MR) is 56.6 cm³/mol. The van der Waals surface area contributed by atoms with Crippen molar-refractivity contribution in [2.45, 2.75) is 69.7 Å². The Balaban J connectivity index is 1.91. The molecule has 0 aromatic heterocycles. The third kappa shape index (κ3) is 2.07. The molecule has 76 valence electrons. The molecule has 2 rings (SSSR count). The highest BCUT2D eigenvalue weighted by atomic mass is 14.8. The lowest BCUT2D eigenvalue weighted by Gasteiger charge is -2.44. The zero-order chi connectivity index (χ0) is 9.15. The van der Waals surface area contributed by atoms with Crippen molar-refractivity contribution in [1.82, 2.24) is 0 Å². The molecule has 0 aromatic carbocycles. The van der Waals surface area contributed by atoms with E-state index >= 15 is 0 Å². The molecule has 0 aromatic rings. The highest BCUT2D eigenvalue weighted by Gasteiger charge is 2.37. The first-order valence-electron chi connectivity index (χ1n) is 6.10. The van der Waals surface area contributed by atoms with E-state index in [1.165, 1.54) is 64.2 Å². The summed E-state index contributed by atoms with van der Waals surface area (Å²) in [4.78, 5) is 0. The smallest absolute Gasteiger partial charge is 0.0182 e. The summed E-state index contributed by atoms with van der Waals surface area (Å²) in [6.07, 6.45) is 13.9. The fourth-order valence-electron chi connectivity index (χ4n) is 2.95. The van der Waals surface area contributed by atoms with E-state index < -0.39 is 0 Å². The van der Waals surface area contributed by atoms with Gasteiger partial charge in [0.05, 0.1) is 0 Å². The molecule has 0 aliphatic heterocycles. The van der Waals surface area contributed by atoms with Gasteiger partial charge < -0.3 is 5.73 Å². The first-order chi connectivity index (χ1) is 6.31. The van der Waals surface area contributed by atoms with Gasteiger partial charge in [0.15, 0.2) is 0 Å². The van der Waals surface area contributed by atoms with Crippen molar-refractivity contribution in [3.8, 4) is 0 Å². The molecule has 0 radical (unpaired) electrons. The summed E-state index contributed by atoms with van der Waals surface area (Å²) in [5.41, 5.74) is 6.78. The highest BCUT2D eigenvalue weighted by Crippen LogP contribution is 2.41. The van der Waals surface area contributed by atoms with Crippen LogP contribution in [0.1, 0.15) is 64.2 Å². The van der Waals surface area contributed by atoms with Crippen LogP contribution in [-0.4, -0.2) is 5.54 Å². The summed E-state index contributed by atoms with van der Waals surface area (Å²) >= 11 is 0. The van der Waals surface area contributed by atoms with E-state index in [0.717, 1.165) is 5.92 Å². The van der Waals surface area contributed by atoms with Crippen molar-refractivity contribution < 1.29 is 0 Å². The number of hydrogen-bond acceptors (Lipinski definition) is 1. The van der Waals surface area contributed by atoms with E-state index in [-0.39, 0.29) is 5.54 Å². The van der Waals surface area contributed by atoms with Gasteiger partial charge >= 0.3 is 0 Å². The summed E-state index contributed by atoms with van der Waals surface area (Å²) in [5, 5.41) is 0. The molecule has 1 nitrogen and oxygen atoms in total. The van der Waals surface area contributed by atoms with Crippen LogP contribution in [0.15, 0.2) is 0 Å². The van der Waals surface area contributed by atoms with E-state index in [2.05, 4.69) is 0 Å². The first kappa shape index (κ1) is 9.51. The maximum absolute atomic E-state index is 6.53. The van der Waals surface area contributed by atoms with Gasteiger partial charge in [-0.05, 0) is 31.6 Å². The molecule has 0 amide bonds. The van der Waals surface area contributed by atoms with E-state index in [1.54, 1.807) is 0 Å². The Morgan fingerprint density at radius 2 is 1.31 bits per heavy atom. The Hall–Kier alpha value is -0.0400. The van der Waals surface area contributed by atoms with Crippen LogP contribution < -0.4 is 5.73 Å². The Morgan fingerprint density at radius 3 is 1.77 bits per heavy atom. The Labute approximate surface area is 82.1 Å². The van der Waals surface area contributed by atoms with Crippen molar-refractivity contribution in [3.05, 3.63) is 0 Å². The van der Waals surface area contributed by atoms with Gasteiger partial charge in [-0.25, -0.2) is 0 Å². The third-order valence-electron chi connectivity index (χ3n) is 4.20. The van der Waals surface area contributed by atoms with Crippen LogP contribution in [0.3, 0.4) is 0 Å². The molecule has 2 saturated carbocycles. The molecule has 2 N–H and O–H groups in total. The monoisotopic (exact) mass is 181 g/mol. The van der Waals surface area contributed by atoms with Crippen molar-refractivity contribution in [3.63, 3.8) is 0 Å². The number of rotatable bonds is 1. The second-order valence-corrected chi connectivity index (χ2v) is 5.13. The summed E-state index contributed by atoms with van der Waals surface area (Å²) in [6, 6.07) is 0. The van der Waals surface area contributed by atoms with Gasteiger partial charge in [-0.15, -0.1) is 0 Å².